The number of hydrogen-bond acceptors (Lipinski definition) is 5. The lowest BCUT2D eigenvalue weighted by atomic mass is 9.76. The number of rotatable bonds is 4. The van der Waals surface area contributed by atoms with Crippen LogP contribution in [0, 0.1) is 17.0 Å². The number of benzene rings is 1. The fraction of sp³-hybridized carbons (Fsp3) is 0.625. The molecule has 23 heavy (non-hydrogen) atoms. The highest BCUT2D eigenvalue weighted by atomic mass is 16.7. The number of nitro benzene ring substituents is 1. The third-order valence-corrected chi connectivity index (χ3v) is 4.87. The zero-order valence-electron chi connectivity index (χ0n) is 14.2. The fourth-order valence-electron chi connectivity index (χ4n) is 2.52. The van der Waals surface area contributed by atoms with Gasteiger partial charge in [-0.2, -0.15) is 0 Å². The molecule has 0 spiro atoms. The third-order valence-electron chi connectivity index (χ3n) is 4.87. The maximum absolute atomic E-state index is 11.3. The Morgan fingerprint density at radius 2 is 1.78 bits per heavy atom. The summed E-state index contributed by atoms with van der Waals surface area (Å²) in [6, 6.07) is 3.24. The highest BCUT2D eigenvalue weighted by Gasteiger charge is 2.52. The monoisotopic (exact) mass is 319 g/mol. The van der Waals surface area contributed by atoms with E-state index in [1.54, 1.807) is 6.07 Å². The first-order valence-corrected chi connectivity index (χ1v) is 7.92. The quantitative estimate of drug-likeness (QED) is 0.485. The first kappa shape index (κ1) is 16.3. The summed E-state index contributed by atoms with van der Waals surface area (Å²) in [5, 5.41) is 11.3. The second kappa shape index (κ2) is 5.21. The summed E-state index contributed by atoms with van der Waals surface area (Å²) in [5.74, 6) is 0.299. The zero-order valence-corrected chi connectivity index (χ0v) is 14.2. The molecule has 1 aliphatic heterocycles. The predicted octanol–water partition coefficient (Wildman–Crippen LogP) is 2.74. The molecule has 0 amide bonds. The highest BCUT2D eigenvalue weighted by molar-refractivity contribution is 6.62. The van der Waals surface area contributed by atoms with Crippen molar-refractivity contribution in [2.75, 3.05) is 0 Å². The van der Waals surface area contributed by atoms with Gasteiger partial charge in [-0.25, -0.2) is 0 Å². The molecule has 3 rings (SSSR count). The Kier molecular flexibility index (Phi) is 3.68. The largest absolute Gasteiger partial charge is 0.495 e. The molecule has 1 saturated heterocycles. The van der Waals surface area contributed by atoms with Gasteiger partial charge in [0.2, 0.25) is 0 Å². The van der Waals surface area contributed by atoms with Crippen LogP contribution in [0.25, 0.3) is 0 Å². The minimum absolute atomic E-state index is 0.00494. The molecule has 0 aromatic heterocycles. The lowest BCUT2D eigenvalue weighted by Gasteiger charge is -2.32. The van der Waals surface area contributed by atoms with Crippen molar-refractivity contribution in [3.05, 3.63) is 27.8 Å². The number of ether oxygens (including phenoxy) is 1. The maximum Gasteiger partial charge on any atom is 0.495 e. The van der Waals surface area contributed by atoms with Gasteiger partial charge in [-0.15, -0.1) is 0 Å². The topological polar surface area (TPSA) is 70.8 Å². The molecule has 0 radical (unpaired) electrons. The van der Waals surface area contributed by atoms with E-state index in [2.05, 4.69) is 0 Å². The molecule has 7 heteroatoms. The summed E-state index contributed by atoms with van der Waals surface area (Å²) in [7, 11) is -0.553. The Morgan fingerprint density at radius 3 is 2.26 bits per heavy atom. The lowest BCUT2D eigenvalue weighted by Crippen LogP contribution is -2.41. The Balaban J connectivity index is 1.98. The van der Waals surface area contributed by atoms with Crippen LogP contribution >= 0.6 is 0 Å². The summed E-state index contributed by atoms with van der Waals surface area (Å²) in [6.45, 7) is 9.75. The van der Waals surface area contributed by atoms with E-state index in [0.717, 1.165) is 23.9 Å². The third kappa shape index (κ3) is 2.95. The second-order valence-corrected chi connectivity index (χ2v) is 7.34. The Bertz CT molecular complexity index is 638. The van der Waals surface area contributed by atoms with Gasteiger partial charge in [0, 0.05) is 6.07 Å². The normalized spacial score (nSPS) is 22.2. The first-order valence-electron chi connectivity index (χ1n) is 7.92. The van der Waals surface area contributed by atoms with Gasteiger partial charge in [0.1, 0.15) is 0 Å². The lowest BCUT2D eigenvalue weighted by molar-refractivity contribution is -0.386. The average Bonchev–Trinajstić information content (AvgIpc) is 3.18. The van der Waals surface area contributed by atoms with Gasteiger partial charge in [0.25, 0.3) is 0 Å². The molecule has 1 aliphatic carbocycles. The van der Waals surface area contributed by atoms with E-state index < -0.39 is 23.2 Å². The Morgan fingerprint density at radius 1 is 1.22 bits per heavy atom. The van der Waals surface area contributed by atoms with Crippen LogP contribution in [-0.4, -0.2) is 29.3 Å². The van der Waals surface area contributed by atoms with E-state index in [0.29, 0.717) is 5.75 Å². The summed E-state index contributed by atoms with van der Waals surface area (Å²) in [5.41, 5.74) is 0.630. The molecule has 124 valence electrons. The standard InChI is InChI=1S/C16H22BNO5/c1-10-8-13(18(19)20)14(21-11-6-7-11)9-12(10)17-22-15(2,3)16(4,5)23-17/h8-9,11H,6-7H2,1-5H3. The smallest absolute Gasteiger partial charge is 0.484 e. The van der Waals surface area contributed by atoms with Crippen LogP contribution in [-0.2, 0) is 9.31 Å². The van der Waals surface area contributed by atoms with Gasteiger partial charge >= 0.3 is 12.8 Å². The van der Waals surface area contributed by atoms with Gasteiger partial charge in [0.15, 0.2) is 5.75 Å². The van der Waals surface area contributed by atoms with Crippen LogP contribution in [0.1, 0.15) is 46.1 Å². The minimum atomic E-state index is -0.553. The van der Waals surface area contributed by atoms with E-state index in [-0.39, 0.29) is 11.8 Å². The molecule has 2 aliphatic rings. The summed E-state index contributed by atoms with van der Waals surface area (Å²) >= 11 is 0. The molecule has 2 fully saturated rings. The molecule has 0 atom stereocenters. The van der Waals surface area contributed by atoms with Crippen molar-refractivity contribution < 1.29 is 19.0 Å². The van der Waals surface area contributed by atoms with Gasteiger partial charge < -0.3 is 14.0 Å². The van der Waals surface area contributed by atoms with E-state index in [9.17, 15) is 10.1 Å². The van der Waals surface area contributed by atoms with Crippen molar-refractivity contribution in [1.82, 2.24) is 0 Å². The number of hydrogen-bond donors (Lipinski definition) is 0. The molecule has 0 unspecified atom stereocenters. The molecule has 1 aromatic rings. The molecular weight excluding hydrogens is 297 g/mol. The Hall–Kier alpha value is -1.60. The second-order valence-electron chi connectivity index (χ2n) is 7.34. The van der Waals surface area contributed by atoms with Crippen molar-refractivity contribution >= 4 is 18.3 Å². The highest BCUT2D eigenvalue weighted by Crippen LogP contribution is 2.38. The van der Waals surface area contributed by atoms with E-state index >= 15 is 0 Å². The maximum atomic E-state index is 11.3. The minimum Gasteiger partial charge on any atom is -0.484 e. The number of nitro groups is 1. The van der Waals surface area contributed by atoms with Gasteiger partial charge in [-0.05, 0) is 64.6 Å². The average molecular weight is 319 g/mol. The SMILES string of the molecule is Cc1cc([N+](=O)[O-])c(OC2CC2)cc1B1OC(C)(C)C(C)(C)O1. The number of aryl methyl sites for hydroxylation is 1. The predicted molar refractivity (Wildman–Crippen MR) is 87.2 cm³/mol. The van der Waals surface area contributed by atoms with Gasteiger partial charge in [0.05, 0.1) is 22.2 Å². The van der Waals surface area contributed by atoms with E-state index in [1.807, 2.05) is 34.6 Å². The van der Waals surface area contributed by atoms with E-state index in [4.69, 9.17) is 14.0 Å². The molecule has 1 saturated carbocycles. The molecule has 0 bridgehead atoms. The number of nitrogens with zero attached hydrogens (tertiary/aromatic N) is 1. The zero-order chi connectivity index (χ0) is 17.0. The van der Waals surface area contributed by atoms with Crippen LogP contribution < -0.4 is 10.2 Å². The molecule has 1 aromatic carbocycles. The summed E-state index contributed by atoms with van der Waals surface area (Å²) < 4.78 is 17.8. The molecule has 0 N–H and O–H groups in total. The fourth-order valence-corrected chi connectivity index (χ4v) is 2.52. The van der Waals surface area contributed by atoms with E-state index in [1.165, 1.54) is 6.07 Å². The van der Waals surface area contributed by atoms with Crippen molar-refractivity contribution in [2.24, 2.45) is 0 Å². The first-order chi connectivity index (χ1) is 10.6. The summed E-state index contributed by atoms with van der Waals surface area (Å²) in [4.78, 5) is 10.9. The van der Waals surface area contributed by atoms with Crippen LogP contribution in [0.15, 0.2) is 12.1 Å². The molecule has 1 heterocycles. The van der Waals surface area contributed by atoms with Crippen LogP contribution in [0.5, 0.6) is 5.75 Å². The summed E-state index contributed by atoms with van der Waals surface area (Å²) in [6.07, 6.45) is 1.97. The van der Waals surface area contributed by atoms with Gasteiger partial charge in [-0.1, -0.05) is 0 Å². The van der Waals surface area contributed by atoms with Crippen LogP contribution in [0.4, 0.5) is 5.69 Å². The van der Waals surface area contributed by atoms with Crippen LogP contribution in [0.2, 0.25) is 0 Å². The molecule has 6 nitrogen and oxygen atoms in total. The van der Waals surface area contributed by atoms with Crippen molar-refractivity contribution in [1.29, 1.82) is 0 Å². The van der Waals surface area contributed by atoms with Crippen molar-refractivity contribution in [3.8, 4) is 5.75 Å². The Labute approximate surface area is 136 Å². The van der Waals surface area contributed by atoms with Crippen molar-refractivity contribution in [3.63, 3.8) is 0 Å². The van der Waals surface area contributed by atoms with Crippen molar-refractivity contribution in [2.45, 2.75) is 64.8 Å². The van der Waals surface area contributed by atoms with Gasteiger partial charge in [-0.3, -0.25) is 10.1 Å². The van der Waals surface area contributed by atoms with Crippen LogP contribution in [0.3, 0.4) is 0 Å². The molecular formula is C16H22BNO5.